The van der Waals surface area contributed by atoms with Crippen LogP contribution in [0, 0.1) is 0 Å². The Hall–Kier alpha value is -1.70. The Balaban J connectivity index is 1.53. The van der Waals surface area contributed by atoms with Crippen molar-refractivity contribution in [1.29, 1.82) is 0 Å². The molecular weight excluding hydrogens is 390 g/mol. The first-order valence-corrected chi connectivity index (χ1v) is 9.38. The van der Waals surface area contributed by atoms with Crippen LogP contribution in [-0.4, -0.2) is 30.4 Å². The van der Waals surface area contributed by atoms with Crippen LogP contribution < -0.4 is 9.64 Å². The van der Waals surface area contributed by atoms with Gasteiger partial charge in [0.15, 0.2) is 6.04 Å². The van der Waals surface area contributed by atoms with Crippen molar-refractivity contribution in [3.63, 3.8) is 0 Å². The lowest BCUT2D eigenvalue weighted by Gasteiger charge is -2.18. The maximum Gasteiger partial charge on any atom is 0.274 e. The molecule has 1 aromatic carbocycles. The average molecular weight is 409 g/mol. The number of ether oxygens (including phenoxy) is 1. The van der Waals surface area contributed by atoms with Gasteiger partial charge in [-0.2, -0.15) is 0 Å². The van der Waals surface area contributed by atoms with Gasteiger partial charge in [-0.15, -0.1) is 21.5 Å². The summed E-state index contributed by atoms with van der Waals surface area (Å²) < 4.78 is 12.6. The lowest BCUT2D eigenvalue weighted by Crippen LogP contribution is -3.09. The molecule has 24 heavy (non-hydrogen) atoms. The molecule has 0 bridgehead atoms. The number of quaternary nitrogens is 1. The van der Waals surface area contributed by atoms with Crippen LogP contribution in [-0.2, 0) is 0 Å². The van der Waals surface area contributed by atoms with Crippen molar-refractivity contribution in [1.82, 2.24) is 10.2 Å². The number of aromatic nitrogens is 2. The number of hydrogen-bond acceptors (Lipinski definition) is 5. The Labute approximate surface area is 153 Å². The van der Waals surface area contributed by atoms with Crippen molar-refractivity contribution in [2.45, 2.75) is 13.0 Å². The first-order chi connectivity index (χ1) is 11.6. The van der Waals surface area contributed by atoms with Gasteiger partial charge >= 0.3 is 0 Å². The monoisotopic (exact) mass is 408 g/mol. The van der Waals surface area contributed by atoms with Gasteiger partial charge in [0.1, 0.15) is 18.9 Å². The largest absolute Gasteiger partial charge is 0.488 e. The predicted octanol–water partition coefficient (Wildman–Crippen LogP) is 3.22. The molecular formula is C17H19BrN3O2S+. The molecule has 5 nitrogen and oxygen atoms in total. The number of benzene rings is 1. The minimum atomic E-state index is 0.111. The highest BCUT2D eigenvalue weighted by atomic mass is 79.9. The highest BCUT2D eigenvalue weighted by Crippen LogP contribution is 2.24. The molecule has 0 radical (unpaired) electrons. The molecule has 0 fully saturated rings. The summed E-state index contributed by atoms with van der Waals surface area (Å²) in [6.07, 6.45) is 0. The number of likely N-dealkylation sites (N-methyl/N-ethyl adjacent to an activating group) is 1. The van der Waals surface area contributed by atoms with Gasteiger partial charge in [-0.05, 0) is 42.6 Å². The second-order valence-corrected chi connectivity index (χ2v) is 7.41. The van der Waals surface area contributed by atoms with E-state index in [1.807, 2.05) is 41.8 Å². The third-order valence-electron chi connectivity index (χ3n) is 3.86. The van der Waals surface area contributed by atoms with Crippen molar-refractivity contribution in [3.8, 4) is 16.5 Å². The fourth-order valence-electron chi connectivity index (χ4n) is 2.20. The molecule has 3 aromatic rings. The van der Waals surface area contributed by atoms with E-state index in [2.05, 4.69) is 40.1 Å². The van der Waals surface area contributed by atoms with Gasteiger partial charge in [0.25, 0.3) is 11.8 Å². The smallest absolute Gasteiger partial charge is 0.274 e. The van der Waals surface area contributed by atoms with E-state index >= 15 is 0 Å². The molecule has 3 rings (SSSR count). The van der Waals surface area contributed by atoms with Crippen LogP contribution in [0.15, 0.2) is 50.7 Å². The molecule has 7 heteroatoms. The number of nitrogens with one attached hydrogen (secondary N) is 1. The molecule has 0 aliphatic carbocycles. The molecule has 1 N–H and O–H groups in total. The molecule has 1 unspecified atom stereocenters. The molecule has 0 saturated carbocycles. The van der Waals surface area contributed by atoms with Crippen molar-refractivity contribution in [2.75, 3.05) is 20.2 Å². The highest BCUT2D eigenvalue weighted by molar-refractivity contribution is 9.10. The quantitative estimate of drug-likeness (QED) is 0.651. The normalized spacial score (nSPS) is 13.6. The zero-order chi connectivity index (χ0) is 16.9. The molecule has 2 heterocycles. The fraction of sp³-hybridized carbons (Fsp3) is 0.294. The molecule has 0 spiro atoms. The molecule has 0 saturated heterocycles. The third-order valence-corrected chi connectivity index (χ3v) is 5.25. The van der Waals surface area contributed by atoms with Gasteiger partial charge in [0, 0.05) is 4.47 Å². The number of nitrogens with zero attached hydrogens (tertiary/aromatic N) is 2. The van der Waals surface area contributed by atoms with E-state index in [4.69, 9.17) is 9.15 Å². The Morgan fingerprint density at radius 2 is 2.04 bits per heavy atom. The zero-order valence-electron chi connectivity index (χ0n) is 13.5. The lowest BCUT2D eigenvalue weighted by atomic mass is 10.3. The summed E-state index contributed by atoms with van der Waals surface area (Å²) in [6.45, 7) is 3.55. The number of hydrogen-bond donors (Lipinski definition) is 1. The van der Waals surface area contributed by atoms with Crippen LogP contribution in [0.3, 0.4) is 0 Å². The summed E-state index contributed by atoms with van der Waals surface area (Å²) in [5.41, 5.74) is 0. The van der Waals surface area contributed by atoms with Gasteiger partial charge in [-0.3, -0.25) is 0 Å². The van der Waals surface area contributed by atoms with Gasteiger partial charge < -0.3 is 14.1 Å². The topological polar surface area (TPSA) is 52.6 Å². The van der Waals surface area contributed by atoms with Gasteiger partial charge in [0.05, 0.1) is 11.9 Å². The van der Waals surface area contributed by atoms with Crippen molar-refractivity contribution in [2.24, 2.45) is 0 Å². The second-order valence-electron chi connectivity index (χ2n) is 5.54. The maximum atomic E-state index is 5.81. The number of rotatable bonds is 7. The van der Waals surface area contributed by atoms with Crippen LogP contribution in [0.4, 0.5) is 0 Å². The zero-order valence-corrected chi connectivity index (χ0v) is 15.9. The predicted molar refractivity (Wildman–Crippen MR) is 97.4 cm³/mol. The van der Waals surface area contributed by atoms with E-state index in [-0.39, 0.29) is 6.04 Å². The highest BCUT2D eigenvalue weighted by Gasteiger charge is 2.22. The van der Waals surface area contributed by atoms with Crippen molar-refractivity contribution < 1.29 is 14.1 Å². The van der Waals surface area contributed by atoms with Crippen LogP contribution >= 0.6 is 27.3 Å². The van der Waals surface area contributed by atoms with E-state index in [9.17, 15) is 0 Å². The lowest BCUT2D eigenvalue weighted by molar-refractivity contribution is -0.911. The van der Waals surface area contributed by atoms with Crippen LogP contribution in [0.25, 0.3) is 10.8 Å². The maximum absolute atomic E-state index is 5.81. The Kier molecular flexibility index (Phi) is 5.65. The Morgan fingerprint density at radius 1 is 1.25 bits per heavy atom. The molecule has 2 aromatic heterocycles. The standard InChI is InChI=1S/C17H18BrN3O2S/c1-12(16-19-20-17(23-16)15-4-3-11-24-15)21(2)9-10-22-14-7-5-13(18)6-8-14/h3-8,11-12H,9-10H2,1-2H3/p+1/t12-/m0/s1. The molecule has 0 aliphatic heterocycles. The second kappa shape index (κ2) is 7.92. The summed E-state index contributed by atoms with van der Waals surface area (Å²) >= 11 is 5.01. The Morgan fingerprint density at radius 3 is 2.75 bits per heavy atom. The van der Waals surface area contributed by atoms with Crippen molar-refractivity contribution in [3.05, 3.63) is 52.1 Å². The van der Waals surface area contributed by atoms with Crippen LogP contribution in [0.5, 0.6) is 5.75 Å². The van der Waals surface area contributed by atoms with E-state index in [1.54, 1.807) is 11.3 Å². The summed E-state index contributed by atoms with van der Waals surface area (Å²) in [5, 5.41) is 10.3. The molecule has 126 valence electrons. The molecule has 0 aliphatic rings. The minimum Gasteiger partial charge on any atom is -0.488 e. The minimum absolute atomic E-state index is 0.111. The fourth-order valence-corrected chi connectivity index (χ4v) is 3.11. The first kappa shape index (κ1) is 17.1. The summed E-state index contributed by atoms with van der Waals surface area (Å²) in [6, 6.07) is 11.9. The van der Waals surface area contributed by atoms with E-state index < -0.39 is 0 Å². The third kappa shape index (κ3) is 4.23. The van der Waals surface area contributed by atoms with Gasteiger partial charge in [-0.1, -0.05) is 22.0 Å². The summed E-state index contributed by atoms with van der Waals surface area (Å²) in [5.74, 6) is 2.11. The Bertz CT molecular complexity index is 759. The molecule has 0 amide bonds. The van der Waals surface area contributed by atoms with Crippen molar-refractivity contribution >= 4 is 27.3 Å². The van der Waals surface area contributed by atoms with Gasteiger partial charge in [0.2, 0.25) is 0 Å². The summed E-state index contributed by atoms with van der Waals surface area (Å²) in [4.78, 5) is 2.26. The van der Waals surface area contributed by atoms with Crippen LogP contribution in [0.2, 0.25) is 0 Å². The van der Waals surface area contributed by atoms with E-state index in [0.29, 0.717) is 18.4 Å². The van der Waals surface area contributed by atoms with E-state index in [0.717, 1.165) is 21.6 Å². The van der Waals surface area contributed by atoms with Gasteiger partial charge in [-0.25, -0.2) is 0 Å². The average Bonchev–Trinajstić information content (AvgIpc) is 3.27. The molecule has 2 atom stereocenters. The van der Waals surface area contributed by atoms with Crippen LogP contribution in [0.1, 0.15) is 18.9 Å². The summed E-state index contributed by atoms with van der Waals surface area (Å²) in [7, 11) is 2.10. The first-order valence-electron chi connectivity index (χ1n) is 7.71. The van der Waals surface area contributed by atoms with E-state index in [1.165, 1.54) is 4.90 Å². The number of halogens is 1. The number of thiophene rings is 1. The SMILES string of the molecule is C[C@@H](c1nnc(-c2cccs2)o1)[NH+](C)CCOc1ccc(Br)cc1.